The minimum absolute atomic E-state index is 0.668. The number of quaternary nitrogens is 1. The number of hydrogen-bond donors (Lipinski definition) is 2. The van der Waals surface area contributed by atoms with Gasteiger partial charge in [-0.1, -0.05) is 0 Å². The molecular formula is C19H27N6S+. The highest BCUT2D eigenvalue weighted by molar-refractivity contribution is 7.19. The molecule has 0 aliphatic heterocycles. The van der Waals surface area contributed by atoms with Crippen molar-refractivity contribution in [1.29, 1.82) is 0 Å². The van der Waals surface area contributed by atoms with Gasteiger partial charge in [-0.3, -0.25) is 0 Å². The number of hydrogen-bond acceptors (Lipinski definition) is 5. The summed E-state index contributed by atoms with van der Waals surface area (Å²) >= 11 is 1.84. The van der Waals surface area contributed by atoms with Crippen LogP contribution >= 0.6 is 11.3 Å². The van der Waals surface area contributed by atoms with Crippen molar-refractivity contribution >= 4 is 27.4 Å². The number of rotatable bonds is 5. The Labute approximate surface area is 158 Å². The largest absolute Gasteiger partial charge is 0.364 e. The van der Waals surface area contributed by atoms with E-state index in [1.165, 1.54) is 40.0 Å². The second kappa shape index (κ2) is 6.96. The molecule has 0 fully saturated rings. The van der Waals surface area contributed by atoms with Gasteiger partial charge in [0.15, 0.2) is 0 Å². The first-order valence-electron chi connectivity index (χ1n) is 9.42. The lowest BCUT2D eigenvalue weighted by Gasteiger charge is -2.14. The third kappa shape index (κ3) is 3.21. The van der Waals surface area contributed by atoms with E-state index in [2.05, 4.69) is 37.5 Å². The summed E-state index contributed by atoms with van der Waals surface area (Å²) in [5.41, 5.74) is 3.52. The van der Waals surface area contributed by atoms with Crippen LogP contribution in [0.15, 0.2) is 6.07 Å². The van der Waals surface area contributed by atoms with Gasteiger partial charge in [0.05, 0.1) is 38.3 Å². The quantitative estimate of drug-likeness (QED) is 0.719. The van der Waals surface area contributed by atoms with Crippen LogP contribution in [0.2, 0.25) is 0 Å². The molecule has 6 nitrogen and oxygen atoms in total. The molecule has 0 aromatic carbocycles. The van der Waals surface area contributed by atoms with Gasteiger partial charge in [0.25, 0.3) is 5.95 Å². The molecule has 0 spiro atoms. The molecule has 0 unspecified atom stereocenters. The smallest absolute Gasteiger partial charge is 0.254 e. The molecule has 0 saturated heterocycles. The van der Waals surface area contributed by atoms with Crippen LogP contribution in [0.25, 0.3) is 16.2 Å². The summed E-state index contributed by atoms with van der Waals surface area (Å²) in [5.74, 6) is 1.64. The van der Waals surface area contributed by atoms with Gasteiger partial charge in [-0.05, 0) is 51.2 Å². The SMILES string of the molecule is Cc1cc(C)n(-c2nc(NCC[NH+](C)C)c3c4c(sc3n2)CCCC4)n1. The number of likely N-dealkylation sites (N-methyl/N-ethyl adjacent to an activating group) is 1. The molecule has 0 radical (unpaired) electrons. The molecule has 2 N–H and O–H groups in total. The Morgan fingerprint density at radius 3 is 2.73 bits per heavy atom. The molecule has 3 aromatic rings. The average molecular weight is 372 g/mol. The Kier molecular flexibility index (Phi) is 4.67. The Hall–Kier alpha value is -1.99. The van der Waals surface area contributed by atoms with Crippen LogP contribution < -0.4 is 10.2 Å². The van der Waals surface area contributed by atoms with Gasteiger partial charge in [-0.25, -0.2) is 4.68 Å². The summed E-state index contributed by atoms with van der Waals surface area (Å²) in [6, 6.07) is 2.06. The first-order valence-corrected chi connectivity index (χ1v) is 10.2. The van der Waals surface area contributed by atoms with Crippen LogP contribution in [0.5, 0.6) is 0 Å². The zero-order valence-corrected chi connectivity index (χ0v) is 16.8. The Morgan fingerprint density at radius 1 is 1.19 bits per heavy atom. The van der Waals surface area contributed by atoms with Crippen molar-refractivity contribution in [3.05, 3.63) is 27.9 Å². The van der Waals surface area contributed by atoms with Gasteiger partial charge in [-0.15, -0.1) is 11.3 Å². The number of aromatic nitrogens is 4. The molecule has 0 atom stereocenters. The maximum absolute atomic E-state index is 4.90. The number of thiophene rings is 1. The molecule has 4 rings (SSSR count). The number of anilines is 1. The number of aryl methyl sites for hydroxylation is 4. The summed E-state index contributed by atoms with van der Waals surface area (Å²) in [6.45, 7) is 6.00. The summed E-state index contributed by atoms with van der Waals surface area (Å²) in [7, 11) is 4.34. The van der Waals surface area contributed by atoms with E-state index in [1.54, 1.807) is 0 Å². The zero-order valence-electron chi connectivity index (χ0n) is 16.0. The van der Waals surface area contributed by atoms with E-state index in [0.717, 1.165) is 41.5 Å². The predicted octanol–water partition coefficient (Wildman–Crippen LogP) is 1.93. The van der Waals surface area contributed by atoms with Gasteiger partial charge < -0.3 is 10.2 Å². The lowest BCUT2D eigenvalue weighted by atomic mass is 9.97. The van der Waals surface area contributed by atoms with Gasteiger partial charge in [0, 0.05) is 10.6 Å². The van der Waals surface area contributed by atoms with Crippen molar-refractivity contribution in [1.82, 2.24) is 19.7 Å². The van der Waals surface area contributed by atoms with Crippen LogP contribution in [0, 0.1) is 13.8 Å². The minimum atomic E-state index is 0.668. The van der Waals surface area contributed by atoms with Gasteiger partial charge >= 0.3 is 0 Å². The second-order valence-electron chi connectivity index (χ2n) is 7.49. The fourth-order valence-electron chi connectivity index (χ4n) is 3.63. The number of nitrogens with one attached hydrogen (secondary N) is 2. The standard InChI is InChI=1S/C19H26N6S/c1-12-11-13(2)25(23-12)19-21-17(20-9-10-24(3)4)16-14-7-5-6-8-15(14)26-18(16)22-19/h11H,5-10H2,1-4H3,(H,20,21,22)/p+1. The maximum Gasteiger partial charge on any atom is 0.254 e. The fraction of sp³-hybridized carbons (Fsp3) is 0.526. The van der Waals surface area contributed by atoms with Gasteiger partial charge in [0.1, 0.15) is 10.6 Å². The van der Waals surface area contributed by atoms with E-state index in [4.69, 9.17) is 9.97 Å². The Balaban J connectivity index is 1.83. The normalized spacial score (nSPS) is 14.2. The van der Waals surface area contributed by atoms with Crippen molar-refractivity contribution in [2.45, 2.75) is 39.5 Å². The van der Waals surface area contributed by atoms with E-state index in [0.29, 0.717) is 5.95 Å². The molecule has 26 heavy (non-hydrogen) atoms. The number of fused-ring (bicyclic) bond motifs is 3. The van der Waals surface area contributed by atoms with Crippen LogP contribution in [0.4, 0.5) is 5.82 Å². The van der Waals surface area contributed by atoms with E-state index < -0.39 is 0 Å². The highest BCUT2D eigenvalue weighted by Crippen LogP contribution is 2.38. The maximum atomic E-state index is 4.90. The summed E-state index contributed by atoms with van der Waals surface area (Å²) in [5, 5.41) is 9.41. The molecule has 0 saturated carbocycles. The molecule has 138 valence electrons. The van der Waals surface area contributed by atoms with E-state index in [9.17, 15) is 0 Å². The van der Waals surface area contributed by atoms with E-state index in [1.807, 2.05) is 22.9 Å². The van der Waals surface area contributed by atoms with Crippen LogP contribution in [-0.2, 0) is 12.8 Å². The third-order valence-electron chi connectivity index (χ3n) is 4.92. The molecule has 0 bridgehead atoms. The molecule has 1 aliphatic rings. The van der Waals surface area contributed by atoms with Gasteiger partial charge in [0.2, 0.25) is 0 Å². The first-order chi connectivity index (χ1) is 12.5. The predicted molar refractivity (Wildman–Crippen MR) is 107 cm³/mol. The lowest BCUT2D eigenvalue weighted by molar-refractivity contribution is -0.856. The molecular weight excluding hydrogens is 344 g/mol. The first kappa shape index (κ1) is 17.4. The summed E-state index contributed by atoms with van der Waals surface area (Å²) in [6.07, 6.45) is 4.86. The fourth-order valence-corrected chi connectivity index (χ4v) is 4.89. The van der Waals surface area contributed by atoms with Crippen LogP contribution in [0.3, 0.4) is 0 Å². The second-order valence-corrected chi connectivity index (χ2v) is 8.57. The van der Waals surface area contributed by atoms with E-state index in [-0.39, 0.29) is 0 Å². The van der Waals surface area contributed by atoms with Crippen molar-refractivity contribution in [2.75, 3.05) is 32.5 Å². The number of nitrogens with zero attached hydrogens (tertiary/aromatic N) is 4. The molecule has 7 heteroatoms. The van der Waals surface area contributed by atoms with Crippen molar-refractivity contribution in [3.63, 3.8) is 0 Å². The third-order valence-corrected chi connectivity index (χ3v) is 6.11. The van der Waals surface area contributed by atoms with Crippen molar-refractivity contribution < 1.29 is 4.90 Å². The van der Waals surface area contributed by atoms with E-state index >= 15 is 0 Å². The molecule has 1 aliphatic carbocycles. The lowest BCUT2D eigenvalue weighted by Crippen LogP contribution is -3.06. The Bertz CT molecular complexity index is 939. The summed E-state index contributed by atoms with van der Waals surface area (Å²) in [4.78, 5) is 13.8. The van der Waals surface area contributed by atoms with Crippen molar-refractivity contribution in [2.24, 2.45) is 0 Å². The molecule has 3 aromatic heterocycles. The average Bonchev–Trinajstić information content (AvgIpc) is 3.13. The highest BCUT2D eigenvalue weighted by atomic mass is 32.1. The van der Waals surface area contributed by atoms with Crippen molar-refractivity contribution in [3.8, 4) is 5.95 Å². The van der Waals surface area contributed by atoms with Gasteiger partial charge in [-0.2, -0.15) is 15.1 Å². The topological polar surface area (TPSA) is 60.1 Å². The Morgan fingerprint density at radius 2 is 2.00 bits per heavy atom. The molecule has 0 amide bonds. The molecule has 3 heterocycles. The highest BCUT2D eigenvalue weighted by Gasteiger charge is 2.22. The summed E-state index contributed by atoms with van der Waals surface area (Å²) < 4.78 is 1.86. The zero-order chi connectivity index (χ0) is 18.3. The van der Waals surface area contributed by atoms with Crippen LogP contribution in [0.1, 0.15) is 34.7 Å². The minimum Gasteiger partial charge on any atom is -0.364 e. The monoisotopic (exact) mass is 371 g/mol. The van der Waals surface area contributed by atoms with Crippen LogP contribution in [-0.4, -0.2) is 46.9 Å².